The second-order valence-electron chi connectivity index (χ2n) is 10.2. The SMILES string of the molecule is Cc1cccc(C(=O)N2CCC3(CC2)OC[C@@H](C(=O)NCc2ccccc2)N3C(=O)c2cccc(C)c2)c1. The van der Waals surface area contributed by atoms with Gasteiger partial charge >= 0.3 is 0 Å². The number of rotatable bonds is 5. The van der Waals surface area contributed by atoms with Crippen molar-refractivity contribution in [1.29, 1.82) is 0 Å². The lowest BCUT2D eigenvalue weighted by Gasteiger charge is -2.44. The third-order valence-corrected chi connectivity index (χ3v) is 7.45. The highest BCUT2D eigenvalue weighted by Gasteiger charge is 2.54. The Bertz CT molecular complexity index is 1330. The van der Waals surface area contributed by atoms with Gasteiger partial charge in [-0.1, -0.05) is 65.7 Å². The summed E-state index contributed by atoms with van der Waals surface area (Å²) in [5.74, 6) is -0.509. The van der Waals surface area contributed by atoms with Crippen LogP contribution in [-0.4, -0.2) is 59.0 Å². The molecule has 7 nitrogen and oxygen atoms in total. The molecule has 2 aliphatic heterocycles. The fourth-order valence-electron chi connectivity index (χ4n) is 5.41. The molecular formula is C31H33N3O4. The lowest BCUT2D eigenvalue weighted by Crippen LogP contribution is -2.59. The van der Waals surface area contributed by atoms with Crippen LogP contribution < -0.4 is 5.32 Å². The highest BCUT2D eigenvalue weighted by molar-refractivity contribution is 5.99. The van der Waals surface area contributed by atoms with Crippen LogP contribution in [0.25, 0.3) is 0 Å². The van der Waals surface area contributed by atoms with Gasteiger partial charge in [0.25, 0.3) is 11.8 Å². The third-order valence-electron chi connectivity index (χ3n) is 7.45. The average molecular weight is 512 g/mol. The van der Waals surface area contributed by atoms with Crippen molar-refractivity contribution in [3.8, 4) is 0 Å². The van der Waals surface area contributed by atoms with Gasteiger partial charge in [0.2, 0.25) is 5.91 Å². The molecule has 2 heterocycles. The number of piperidine rings is 1. The normalized spacial score (nSPS) is 18.4. The van der Waals surface area contributed by atoms with E-state index in [1.54, 1.807) is 11.0 Å². The molecule has 1 N–H and O–H groups in total. The number of hydrogen-bond donors (Lipinski definition) is 1. The molecule has 5 rings (SSSR count). The Hall–Kier alpha value is -3.97. The number of benzene rings is 3. The maximum Gasteiger partial charge on any atom is 0.256 e. The lowest BCUT2D eigenvalue weighted by atomic mass is 9.95. The molecule has 3 aromatic carbocycles. The molecule has 0 radical (unpaired) electrons. The van der Waals surface area contributed by atoms with Crippen molar-refractivity contribution in [2.45, 2.75) is 45.0 Å². The van der Waals surface area contributed by atoms with Crippen LogP contribution in [-0.2, 0) is 16.1 Å². The van der Waals surface area contributed by atoms with Crippen LogP contribution >= 0.6 is 0 Å². The Kier molecular flexibility index (Phi) is 7.29. The van der Waals surface area contributed by atoms with E-state index in [-0.39, 0.29) is 24.3 Å². The molecule has 0 saturated carbocycles. The van der Waals surface area contributed by atoms with Crippen molar-refractivity contribution in [1.82, 2.24) is 15.1 Å². The van der Waals surface area contributed by atoms with Gasteiger partial charge in [0.15, 0.2) is 0 Å². The van der Waals surface area contributed by atoms with Crippen LogP contribution in [0.2, 0.25) is 0 Å². The highest BCUT2D eigenvalue weighted by atomic mass is 16.5. The number of aryl methyl sites for hydroxylation is 2. The second-order valence-corrected chi connectivity index (χ2v) is 10.2. The molecule has 196 valence electrons. The maximum absolute atomic E-state index is 13.9. The van der Waals surface area contributed by atoms with Crippen LogP contribution in [0, 0.1) is 13.8 Å². The molecule has 0 unspecified atom stereocenters. The number of nitrogens with one attached hydrogen (secondary N) is 1. The molecule has 3 aromatic rings. The summed E-state index contributed by atoms with van der Waals surface area (Å²) >= 11 is 0. The summed E-state index contributed by atoms with van der Waals surface area (Å²) in [5.41, 5.74) is 3.21. The first kappa shape index (κ1) is 25.7. The van der Waals surface area contributed by atoms with E-state index in [9.17, 15) is 14.4 Å². The van der Waals surface area contributed by atoms with Gasteiger partial charge in [0, 0.05) is 43.6 Å². The minimum absolute atomic E-state index is 0.0322. The maximum atomic E-state index is 13.9. The molecule has 38 heavy (non-hydrogen) atoms. The highest BCUT2D eigenvalue weighted by Crippen LogP contribution is 2.39. The van der Waals surface area contributed by atoms with Crippen LogP contribution in [0.15, 0.2) is 78.9 Å². The largest absolute Gasteiger partial charge is 0.353 e. The van der Waals surface area contributed by atoms with Crippen LogP contribution in [0.5, 0.6) is 0 Å². The summed E-state index contributed by atoms with van der Waals surface area (Å²) in [5, 5.41) is 2.99. The van der Waals surface area contributed by atoms with Crippen molar-refractivity contribution < 1.29 is 19.1 Å². The van der Waals surface area contributed by atoms with Crippen LogP contribution in [0.1, 0.15) is 50.2 Å². The number of nitrogens with zero attached hydrogens (tertiary/aromatic N) is 2. The van der Waals surface area contributed by atoms with E-state index in [2.05, 4.69) is 5.32 Å². The second kappa shape index (κ2) is 10.8. The zero-order valence-electron chi connectivity index (χ0n) is 21.9. The van der Waals surface area contributed by atoms with Gasteiger partial charge < -0.3 is 15.0 Å². The predicted octanol–water partition coefficient (Wildman–Crippen LogP) is 4.09. The Balaban J connectivity index is 1.37. The van der Waals surface area contributed by atoms with E-state index in [1.165, 1.54) is 0 Å². The number of likely N-dealkylation sites (tertiary alicyclic amines) is 1. The summed E-state index contributed by atoms with van der Waals surface area (Å²) in [7, 11) is 0. The molecule has 3 amide bonds. The number of carbonyl (C=O) groups is 3. The van der Waals surface area contributed by atoms with Gasteiger partial charge in [-0.15, -0.1) is 0 Å². The van der Waals surface area contributed by atoms with Gasteiger partial charge in [-0.25, -0.2) is 0 Å². The Morgan fingerprint density at radius 1 is 0.842 bits per heavy atom. The third kappa shape index (κ3) is 5.20. The van der Waals surface area contributed by atoms with Gasteiger partial charge in [-0.2, -0.15) is 0 Å². The summed E-state index contributed by atoms with van der Waals surface area (Å²) < 4.78 is 6.31. The molecule has 1 spiro atoms. The molecule has 7 heteroatoms. The fraction of sp³-hybridized carbons (Fsp3) is 0.323. The molecule has 2 fully saturated rings. The van der Waals surface area contributed by atoms with E-state index in [0.29, 0.717) is 43.6 Å². The smallest absolute Gasteiger partial charge is 0.256 e. The zero-order chi connectivity index (χ0) is 26.7. The summed E-state index contributed by atoms with van der Waals surface area (Å²) in [6.45, 7) is 5.25. The minimum atomic E-state index is -0.945. The Morgan fingerprint density at radius 2 is 1.45 bits per heavy atom. The summed E-state index contributed by atoms with van der Waals surface area (Å²) in [6, 6.07) is 23.9. The van der Waals surface area contributed by atoms with E-state index in [4.69, 9.17) is 4.74 Å². The van der Waals surface area contributed by atoms with Gasteiger partial charge in [-0.05, 0) is 43.7 Å². The van der Waals surface area contributed by atoms with Gasteiger partial charge in [0.1, 0.15) is 11.8 Å². The Labute approximate surface area is 223 Å². The Morgan fingerprint density at radius 3 is 2.05 bits per heavy atom. The molecule has 0 aliphatic carbocycles. The first-order valence-electron chi connectivity index (χ1n) is 13.1. The van der Waals surface area contributed by atoms with Crippen LogP contribution in [0.4, 0.5) is 0 Å². The molecule has 0 aromatic heterocycles. The first-order chi connectivity index (χ1) is 18.4. The van der Waals surface area contributed by atoms with Gasteiger partial charge in [-0.3, -0.25) is 19.3 Å². The molecule has 2 aliphatic rings. The van der Waals surface area contributed by atoms with E-state index in [1.807, 2.05) is 91.5 Å². The quantitative estimate of drug-likeness (QED) is 0.560. The topological polar surface area (TPSA) is 79.0 Å². The monoisotopic (exact) mass is 511 g/mol. The minimum Gasteiger partial charge on any atom is -0.353 e. The van der Waals surface area contributed by atoms with Gasteiger partial charge in [0.05, 0.1) is 6.61 Å². The summed E-state index contributed by atoms with van der Waals surface area (Å²) in [4.78, 5) is 43.9. The van der Waals surface area contributed by atoms with Crippen molar-refractivity contribution >= 4 is 17.7 Å². The average Bonchev–Trinajstić information content (AvgIpc) is 3.30. The van der Waals surface area contributed by atoms with Crippen molar-refractivity contribution in [3.05, 3.63) is 107 Å². The molecule has 1 atom stereocenters. The van der Waals surface area contributed by atoms with E-state index in [0.717, 1.165) is 16.7 Å². The van der Waals surface area contributed by atoms with E-state index >= 15 is 0 Å². The van der Waals surface area contributed by atoms with Crippen molar-refractivity contribution in [2.75, 3.05) is 19.7 Å². The number of ether oxygens (including phenoxy) is 1. The molecule has 0 bridgehead atoms. The van der Waals surface area contributed by atoms with Crippen molar-refractivity contribution in [3.63, 3.8) is 0 Å². The van der Waals surface area contributed by atoms with E-state index < -0.39 is 11.8 Å². The zero-order valence-corrected chi connectivity index (χ0v) is 21.9. The number of carbonyl (C=O) groups excluding carboxylic acids is 3. The van der Waals surface area contributed by atoms with Crippen molar-refractivity contribution in [2.24, 2.45) is 0 Å². The number of amides is 3. The number of hydrogen-bond acceptors (Lipinski definition) is 4. The van der Waals surface area contributed by atoms with Crippen LogP contribution in [0.3, 0.4) is 0 Å². The molecular weight excluding hydrogens is 478 g/mol. The lowest BCUT2D eigenvalue weighted by molar-refractivity contribution is -0.128. The fourth-order valence-corrected chi connectivity index (χ4v) is 5.41. The predicted molar refractivity (Wildman–Crippen MR) is 144 cm³/mol. The molecule has 2 saturated heterocycles. The standard InChI is InChI=1S/C31H33N3O4/c1-22-8-6-12-25(18-22)29(36)33-16-14-31(15-17-33)34(30(37)26-13-7-9-23(2)19-26)27(21-38-31)28(35)32-20-24-10-4-3-5-11-24/h3-13,18-19,27H,14-17,20-21H2,1-2H3,(H,32,35)/t27-/m0/s1. The first-order valence-corrected chi connectivity index (χ1v) is 13.1. The summed E-state index contributed by atoms with van der Waals surface area (Å²) in [6.07, 6.45) is 0.870.